The second-order valence-corrected chi connectivity index (χ2v) is 5.62. The van der Waals surface area contributed by atoms with Gasteiger partial charge in [-0.05, 0) is 45.0 Å². The van der Waals surface area contributed by atoms with Crippen LogP contribution in [-0.4, -0.2) is 51.9 Å². The lowest BCUT2D eigenvalue weighted by molar-refractivity contribution is 0.0699. The predicted molar refractivity (Wildman–Crippen MR) is 82.5 cm³/mol. The Bertz CT molecular complexity index is 390. The Balaban J connectivity index is 1.76. The van der Waals surface area contributed by atoms with Gasteiger partial charge in [-0.15, -0.1) is 0 Å². The van der Waals surface area contributed by atoms with Gasteiger partial charge in [-0.1, -0.05) is 6.07 Å². The monoisotopic (exact) mass is 278 g/mol. The van der Waals surface area contributed by atoms with E-state index in [1.807, 2.05) is 12.1 Å². The topological polar surface area (TPSA) is 33.7 Å². The van der Waals surface area contributed by atoms with E-state index in [1.165, 1.54) is 0 Å². The van der Waals surface area contributed by atoms with Crippen molar-refractivity contribution in [3.8, 4) is 5.75 Å². The summed E-state index contributed by atoms with van der Waals surface area (Å²) in [5.74, 6) is 1.66. The van der Waals surface area contributed by atoms with E-state index in [0.29, 0.717) is 0 Å². The van der Waals surface area contributed by atoms with Gasteiger partial charge >= 0.3 is 0 Å². The van der Waals surface area contributed by atoms with Gasteiger partial charge in [0, 0.05) is 38.1 Å². The zero-order chi connectivity index (χ0) is 14.2. The molecule has 1 aromatic carbocycles. The number of nitrogens with zero attached hydrogens (tertiary/aromatic N) is 1. The molecule has 1 N–H and O–H groups in total. The minimum atomic E-state index is 0.719. The lowest BCUT2D eigenvalue weighted by Crippen LogP contribution is -2.22. The molecule has 0 unspecified atom stereocenters. The lowest BCUT2D eigenvalue weighted by atomic mass is 10.0. The van der Waals surface area contributed by atoms with Crippen LogP contribution < -0.4 is 10.1 Å². The smallest absolute Gasteiger partial charge is 0.121 e. The summed E-state index contributed by atoms with van der Waals surface area (Å²) in [6, 6.07) is 8.22. The molecule has 4 heteroatoms. The van der Waals surface area contributed by atoms with Crippen LogP contribution in [0.3, 0.4) is 0 Å². The normalized spacial score (nSPS) is 16.4. The van der Waals surface area contributed by atoms with Crippen LogP contribution in [0.1, 0.15) is 12.8 Å². The fraction of sp³-hybridized carbons (Fsp3) is 0.625. The number of nitrogens with one attached hydrogen (secondary N) is 1. The maximum absolute atomic E-state index is 5.75. The van der Waals surface area contributed by atoms with Crippen LogP contribution in [0.15, 0.2) is 24.3 Å². The van der Waals surface area contributed by atoms with Crippen LogP contribution in [0, 0.1) is 5.92 Å². The average Bonchev–Trinajstić information content (AvgIpc) is 2.46. The molecule has 1 heterocycles. The Morgan fingerprint density at radius 3 is 2.85 bits per heavy atom. The maximum Gasteiger partial charge on any atom is 0.121 e. The molecule has 1 fully saturated rings. The van der Waals surface area contributed by atoms with E-state index in [-0.39, 0.29) is 0 Å². The van der Waals surface area contributed by atoms with Crippen molar-refractivity contribution >= 4 is 5.69 Å². The Morgan fingerprint density at radius 2 is 2.10 bits per heavy atom. The number of anilines is 1. The molecule has 4 nitrogen and oxygen atoms in total. The number of benzene rings is 1. The largest absolute Gasteiger partial charge is 0.492 e. The first-order valence-corrected chi connectivity index (χ1v) is 7.43. The van der Waals surface area contributed by atoms with Gasteiger partial charge in [0.15, 0.2) is 0 Å². The minimum absolute atomic E-state index is 0.719. The van der Waals surface area contributed by atoms with Crippen LogP contribution >= 0.6 is 0 Å². The van der Waals surface area contributed by atoms with Gasteiger partial charge in [0.25, 0.3) is 0 Å². The van der Waals surface area contributed by atoms with Gasteiger partial charge in [-0.2, -0.15) is 0 Å². The van der Waals surface area contributed by atoms with E-state index in [9.17, 15) is 0 Å². The van der Waals surface area contributed by atoms with Crippen molar-refractivity contribution in [3.05, 3.63) is 24.3 Å². The Kier molecular flexibility index (Phi) is 6.15. The van der Waals surface area contributed by atoms with Crippen molar-refractivity contribution in [1.82, 2.24) is 4.90 Å². The van der Waals surface area contributed by atoms with Gasteiger partial charge in [0.2, 0.25) is 0 Å². The van der Waals surface area contributed by atoms with Crippen LogP contribution in [0.4, 0.5) is 5.69 Å². The molecule has 1 saturated heterocycles. The van der Waals surface area contributed by atoms with Crippen LogP contribution in [0.2, 0.25) is 0 Å². The zero-order valence-corrected chi connectivity index (χ0v) is 12.6. The summed E-state index contributed by atoms with van der Waals surface area (Å²) < 4.78 is 11.1. The fourth-order valence-corrected chi connectivity index (χ4v) is 2.25. The molecule has 0 saturated carbocycles. The molecule has 1 aliphatic rings. The van der Waals surface area contributed by atoms with E-state index in [1.54, 1.807) is 0 Å². The summed E-state index contributed by atoms with van der Waals surface area (Å²) in [6.45, 7) is 4.47. The third-order valence-corrected chi connectivity index (χ3v) is 3.58. The van der Waals surface area contributed by atoms with Crippen molar-refractivity contribution in [2.75, 3.05) is 52.3 Å². The van der Waals surface area contributed by atoms with Crippen LogP contribution in [-0.2, 0) is 4.74 Å². The average molecular weight is 278 g/mol. The molecular weight excluding hydrogens is 252 g/mol. The van der Waals surface area contributed by atoms with Crippen molar-refractivity contribution in [3.63, 3.8) is 0 Å². The van der Waals surface area contributed by atoms with E-state index in [2.05, 4.69) is 36.4 Å². The summed E-state index contributed by atoms with van der Waals surface area (Å²) in [6.07, 6.45) is 2.32. The van der Waals surface area contributed by atoms with Crippen LogP contribution in [0.25, 0.3) is 0 Å². The highest BCUT2D eigenvalue weighted by atomic mass is 16.5. The van der Waals surface area contributed by atoms with E-state index in [0.717, 1.165) is 63.1 Å². The predicted octanol–water partition coefficient (Wildman–Crippen LogP) is 2.47. The highest BCUT2D eigenvalue weighted by Crippen LogP contribution is 2.20. The number of ether oxygens (including phenoxy) is 2. The Labute approximate surface area is 122 Å². The van der Waals surface area contributed by atoms with Gasteiger partial charge in [0.05, 0.1) is 0 Å². The first-order chi connectivity index (χ1) is 9.74. The quantitative estimate of drug-likeness (QED) is 0.831. The Hall–Kier alpha value is -1.26. The van der Waals surface area contributed by atoms with Gasteiger partial charge < -0.3 is 19.7 Å². The van der Waals surface area contributed by atoms with Gasteiger partial charge in [0.1, 0.15) is 12.4 Å². The summed E-state index contributed by atoms with van der Waals surface area (Å²) >= 11 is 0. The molecule has 0 radical (unpaired) electrons. The van der Waals surface area contributed by atoms with E-state index >= 15 is 0 Å². The minimum Gasteiger partial charge on any atom is -0.492 e. The van der Waals surface area contributed by atoms with E-state index < -0.39 is 0 Å². The van der Waals surface area contributed by atoms with Gasteiger partial charge in [-0.3, -0.25) is 0 Å². The molecule has 0 aromatic heterocycles. The second kappa shape index (κ2) is 8.12. The molecule has 1 aliphatic heterocycles. The first kappa shape index (κ1) is 15.1. The van der Waals surface area contributed by atoms with E-state index in [4.69, 9.17) is 9.47 Å². The van der Waals surface area contributed by atoms with Crippen molar-refractivity contribution in [2.45, 2.75) is 12.8 Å². The molecule has 0 spiro atoms. The third-order valence-electron chi connectivity index (χ3n) is 3.58. The molecular formula is C16H26N2O2. The zero-order valence-electron chi connectivity index (χ0n) is 12.6. The number of hydrogen-bond donors (Lipinski definition) is 1. The molecule has 0 aliphatic carbocycles. The maximum atomic E-state index is 5.75. The highest BCUT2D eigenvalue weighted by molar-refractivity contribution is 5.48. The molecule has 112 valence electrons. The standard InChI is InChI=1S/C16H26N2O2/c1-18(2)8-11-20-16-5-3-4-15(12-16)17-13-14-6-9-19-10-7-14/h3-5,12,14,17H,6-11,13H2,1-2H3. The van der Waals surface area contributed by atoms with Crippen molar-refractivity contribution < 1.29 is 9.47 Å². The molecule has 20 heavy (non-hydrogen) atoms. The van der Waals surface area contributed by atoms with Crippen molar-refractivity contribution in [1.29, 1.82) is 0 Å². The summed E-state index contributed by atoms with van der Waals surface area (Å²) in [4.78, 5) is 2.12. The highest BCUT2D eigenvalue weighted by Gasteiger charge is 2.13. The Morgan fingerprint density at radius 1 is 1.30 bits per heavy atom. The third kappa shape index (κ3) is 5.39. The lowest BCUT2D eigenvalue weighted by Gasteiger charge is -2.22. The molecule has 0 atom stereocenters. The fourth-order valence-electron chi connectivity index (χ4n) is 2.25. The summed E-state index contributed by atoms with van der Waals surface area (Å²) in [5.41, 5.74) is 1.14. The molecule has 2 rings (SSSR count). The summed E-state index contributed by atoms with van der Waals surface area (Å²) in [5, 5.41) is 3.51. The molecule has 0 bridgehead atoms. The molecule has 1 aromatic rings. The first-order valence-electron chi connectivity index (χ1n) is 7.43. The number of likely N-dealkylation sites (N-methyl/N-ethyl adjacent to an activating group) is 1. The van der Waals surface area contributed by atoms with Crippen molar-refractivity contribution in [2.24, 2.45) is 5.92 Å². The summed E-state index contributed by atoms with van der Waals surface area (Å²) in [7, 11) is 4.10. The number of rotatable bonds is 7. The van der Waals surface area contributed by atoms with Crippen LogP contribution in [0.5, 0.6) is 5.75 Å². The number of hydrogen-bond acceptors (Lipinski definition) is 4. The van der Waals surface area contributed by atoms with Gasteiger partial charge in [-0.25, -0.2) is 0 Å². The molecule has 0 amide bonds. The SMILES string of the molecule is CN(C)CCOc1cccc(NCC2CCOCC2)c1. The second-order valence-electron chi connectivity index (χ2n) is 5.62.